The number of hydrogen-bond donors (Lipinski definition) is 2. The molecule has 0 bridgehead atoms. The van der Waals surface area contributed by atoms with E-state index in [0.717, 1.165) is 5.56 Å². The predicted octanol–water partition coefficient (Wildman–Crippen LogP) is 0.803. The van der Waals surface area contributed by atoms with E-state index in [0.29, 0.717) is 5.82 Å². The molecule has 1 aromatic heterocycles. The van der Waals surface area contributed by atoms with Crippen molar-refractivity contribution in [2.75, 3.05) is 5.32 Å². The highest BCUT2D eigenvalue weighted by atomic mass is 16.4. The fourth-order valence-corrected chi connectivity index (χ4v) is 0.930. The van der Waals surface area contributed by atoms with Crippen molar-refractivity contribution in [3.63, 3.8) is 0 Å². The van der Waals surface area contributed by atoms with E-state index in [1.54, 1.807) is 19.1 Å². The Labute approximate surface area is 80.8 Å². The van der Waals surface area contributed by atoms with Gasteiger partial charge in [0.05, 0.1) is 0 Å². The van der Waals surface area contributed by atoms with Crippen molar-refractivity contribution in [3.05, 3.63) is 23.9 Å². The molecule has 0 saturated heterocycles. The molecule has 1 heterocycles. The van der Waals surface area contributed by atoms with Gasteiger partial charge in [-0.05, 0) is 18.6 Å². The number of amides is 1. The van der Waals surface area contributed by atoms with Crippen LogP contribution in [0.2, 0.25) is 0 Å². The molecule has 0 fully saturated rings. The minimum atomic E-state index is -1.16. The molecule has 74 valence electrons. The summed E-state index contributed by atoms with van der Waals surface area (Å²) in [6.07, 6.45) is 0.986. The van der Waals surface area contributed by atoms with Crippen molar-refractivity contribution in [2.24, 2.45) is 0 Å². The summed E-state index contributed by atoms with van der Waals surface area (Å²) in [5, 5.41) is 10.8. The van der Waals surface area contributed by atoms with Gasteiger partial charge in [0.2, 0.25) is 5.91 Å². The molecule has 5 heteroatoms. The number of aliphatic carboxylic acids is 1. The maximum absolute atomic E-state index is 11.0. The SMILES string of the molecule is Cc1cccnc1NC(=O)CC(=O)O. The van der Waals surface area contributed by atoms with E-state index in [4.69, 9.17) is 5.11 Å². The number of carboxylic acid groups (broad SMARTS) is 1. The van der Waals surface area contributed by atoms with E-state index < -0.39 is 18.3 Å². The lowest BCUT2D eigenvalue weighted by Crippen LogP contribution is -2.17. The molecule has 0 unspecified atom stereocenters. The number of aromatic nitrogens is 1. The maximum Gasteiger partial charge on any atom is 0.312 e. The molecule has 0 spiro atoms. The molecule has 1 amide bonds. The van der Waals surface area contributed by atoms with Crippen molar-refractivity contribution in [1.82, 2.24) is 4.98 Å². The van der Waals surface area contributed by atoms with E-state index >= 15 is 0 Å². The van der Waals surface area contributed by atoms with Crippen molar-refractivity contribution in [1.29, 1.82) is 0 Å². The molecule has 0 saturated carbocycles. The molecular weight excluding hydrogens is 184 g/mol. The third-order valence-corrected chi connectivity index (χ3v) is 1.58. The van der Waals surface area contributed by atoms with E-state index in [1.165, 1.54) is 6.20 Å². The first kappa shape index (κ1) is 10.2. The fourth-order valence-electron chi connectivity index (χ4n) is 0.930. The van der Waals surface area contributed by atoms with E-state index in [9.17, 15) is 9.59 Å². The van der Waals surface area contributed by atoms with Crippen LogP contribution in [0, 0.1) is 6.92 Å². The van der Waals surface area contributed by atoms with Crippen molar-refractivity contribution < 1.29 is 14.7 Å². The van der Waals surface area contributed by atoms with Crippen LogP contribution in [0.5, 0.6) is 0 Å². The Kier molecular flexibility index (Phi) is 3.17. The standard InChI is InChI=1S/C9H10N2O3/c1-6-3-2-4-10-9(6)11-7(12)5-8(13)14/h2-4H,5H2,1H3,(H,13,14)(H,10,11,12). The first-order valence-corrected chi connectivity index (χ1v) is 4.03. The highest BCUT2D eigenvalue weighted by molar-refractivity contribution is 6.01. The lowest BCUT2D eigenvalue weighted by molar-refractivity contribution is -0.139. The van der Waals surface area contributed by atoms with Gasteiger partial charge in [-0.1, -0.05) is 6.07 Å². The molecule has 0 aliphatic heterocycles. The highest BCUT2D eigenvalue weighted by Gasteiger charge is 2.09. The molecule has 1 aromatic rings. The second-order valence-electron chi connectivity index (χ2n) is 2.79. The zero-order valence-corrected chi connectivity index (χ0v) is 7.65. The first-order chi connectivity index (χ1) is 6.59. The number of aryl methyl sites for hydroxylation is 1. The average Bonchev–Trinajstić information content (AvgIpc) is 2.07. The topological polar surface area (TPSA) is 79.3 Å². The van der Waals surface area contributed by atoms with Gasteiger partial charge >= 0.3 is 5.97 Å². The molecule has 0 atom stereocenters. The third-order valence-electron chi connectivity index (χ3n) is 1.58. The van der Waals surface area contributed by atoms with Crippen LogP contribution in [-0.2, 0) is 9.59 Å². The molecule has 2 N–H and O–H groups in total. The Morgan fingerprint density at radius 3 is 2.86 bits per heavy atom. The number of carboxylic acids is 1. The quantitative estimate of drug-likeness (QED) is 0.697. The average molecular weight is 194 g/mol. The predicted molar refractivity (Wildman–Crippen MR) is 49.9 cm³/mol. The van der Waals surface area contributed by atoms with Crippen molar-refractivity contribution in [2.45, 2.75) is 13.3 Å². The van der Waals surface area contributed by atoms with Gasteiger partial charge in [-0.25, -0.2) is 4.98 Å². The largest absolute Gasteiger partial charge is 0.481 e. The minimum absolute atomic E-state index is 0.402. The highest BCUT2D eigenvalue weighted by Crippen LogP contribution is 2.08. The van der Waals surface area contributed by atoms with Crippen LogP contribution in [0.25, 0.3) is 0 Å². The Morgan fingerprint density at radius 1 is 1.57 bits per heavy atom. The minimum Gasteiger partial charge on any atom is -0.481 e. The van der Waals surface area contributed by atoms with Crippen molar-refractivity contribution in [3.8, 4) is 0 Å². The summed E-state index contributed by atoms with van der Waals surface area (Å²) in [6.45, 7) is 1.78. The zero-order chi connectivity index (χ0) is 10.6. The van der Waals surface area contributed by atoms with Crippen LogP contribution in [-0.4, -0.2) is 22.0 Å². The van der Waals surface area contributed by atoms with Gasteiger partial charge in [-0.15, -0.1) is 0 Å². The Bertz CT molecular complexity index is 363. The maximum atomic E-state index is 11.0. The van der Waals surface area contributed by atoms with Gasteiger partial charge in [0.25, 0.3) is 0 Å². The summed E-state index contributed by atoms with van der Waals surface area (Å²) in [6, 6.07) is 3.52. The van der Waals surface area contributed by atoms with Gasteiger partial charge in [-0.2, -0.15) is 0 Å². The number of carbonyl (C=O) groups is 2. The molecule has 14 heavy (non-hydrogen) atoms. The molecule has 0 aliphatic carbocycles. The van der Waals surface area contributed by atoms with Gasteiger partial charge in [0.1, 0.15) is 12.2 Å². The van der Waals surface area contributed by atoms with Crippen LogP contribution < -0.4 is 5.32 Å². The van der Waals surface area contributed by atoms with Gasteiger partial charge in [0.15, 0.2) is 0 Å². The number of anilines is 1. The summed E-state index contributed by atoms with van der Waals surface area (Å²) in [5.41, 5.74) is 0.797. The first-order valence-electron chi connectivity index (χ1n) is 4.03. The number of rotatable bonds is 3. The monoisotopic (exact) mass is 194 g/mol. The van der Waals surface area contributed by atoms with Gasteiger partial charge < -0.3 is 10.4 Å². The van der Waals surface area contributed by atoms with Crippen LogP contribution >= 0.6 is 0 Å². The Balaban J connectivity index is 2.65. The Hall–Kier alpha value is -1.91. The summed E-state index contributed by atoms with van der Waals surface area (Å²) < 4.78 is 0. The fraction of sp³-hybridized carbons (Fsp3) is 0.222. The molecule has 1 rings (SSSR count). The zero-order valence-electron chi connectivity index (χ0n) is 7.65. The van der Waals surface area contributed by atoms with Crippen LogP contribution in [0.4, 0.5) is 5.82 Å². The second-order valence-corrected chi connectivity index (χ2v) is 2.79. The lowest BCUT2D eigenvalue weighted by Gasteiger charge is -2.04. The van der Waals surface area contributed by atoms with Crippen LogP contribution in [0.1, 0.15) is 12.0 Å². The molecule has 5 nitrogen and oxygen atoms in total. The summed E-state index contributed by atoms with van der Waals surface area (Å²) in [5.74, 6) is -1.32. The van der Waals surface area contributed by atoms with Gasteiger partial charge in [0, 0.05) is 6.20 Å². The number of hydrogen-bond acceptors (Lipinski definition) is 3. The molecular formula is C9H10N2O3. The smallest absolute Gasteiger partial charge is 0.312 e. The van der Waals surface area contributed by atoms with E-state index in [-0.39, 0.29) is 0 Å². The summed E-state index contributed by atoms with van der Waals surface area (Å²) in [4.78, 5) is 25.1. The molecule has 0 aromatic carbocycles. The number of pyridine rings is 1. The van der Waals surface area contributed by atoms with Crippen molar-refractivity contribution >= 4 is 17.7 Å². The van der Waals surface area contributed by atoms with Crippen LogP contribution in [0.3, 0.4) is 0 Å². The number of carbonyl (C=O) groups excluding carboxylic acids is 1. The van der Waals surface area contributed by atoms with E-state index in [1.807, 2.05) is 0 Å². The molecule has 0 radical (unpaired) electrons. The summed E-state index contributed by atoms with van der Waals surface area (Å²) in [7, 11) is 0. The van der Waals surface area contributed by atoms with Gasteiger partial charge in [-0.3, -0.25) is 9.59 Å². The van der Waals surface area contributed by atoms with Crippen LogP contribution in [0.15, 0.2) is 18.3 Å². The third kappa shape index (κ3) is 2.85. The number of nitrogens with zero attached hydrogens (tertiary/aromatic N) is 1. The normalized spacial score (nSPS) is 9.50. The Morgan fingerprint density at radius 2 is 2.29 bits per heavy atom. The lowest BCUT2D eigenvalue weighted by atomic mass is 10.3. The number of nitrogens with one attached hydrogen (secondary N) is 1. The summed E-state index contributed by atoms with van der Waals surface area (Å²) >= 11 is 0. The second kappa shape index (κ2) is 4.36. The molecule has 0 aliphatic rings. The van der Waals surface area contributed by atoms with E-state index in [2.05, 4.69) is 10.3 Å².